The normalized spacial score (nSPS) is 13.8. The average molecular weight is 390 g/mol. The summed E-state index contributed by atoms with van der Waals surface area (Å²) in [4.78, 5) is 28.5. The summed E-state index contributed by atoms with van der Waals surface area (Å²) in [5.41, 5.74) is 1.78. The maximum atomic E-state index is 14.6. The lowest BCUT2D eigenvalue weighted by Crippen LogP contribution is -2.27. The Bertz CT molecular complexity index is 873. The number of amides is 2. The van der Waals surface area contributed by atoms with Gasteiger partial charge in [0.1, 0.15) is 5.82 Å². The van der Waals surface area contributed by atoms with Crippen LogP contribution in [0.15, 0.2) is 17.5 Å². The van der Waals surface area contributed by atoms with E-state index in [0.29, 0.717) is 29.4 Å². The summed E-state index contributed by atoms with van der Waals surface area (Å²) in [6.07, 6.45) is 0.619. The quantitative estimate of drug-likeness (QED) is 0.749. The number of hydrogen-bond acceptors (Lipinski definition) is 5. The number of thiazole rings is 1. The van der Waals surface area contributed by atoms with E-state index >= 15 is 0 Å². The van der Waals surface area contributed by atoms with Gasteiger partial charge in [-0.05, 0) is 30.2 Å². The highest BCUT2D eigenvalue weighted by molar-refractivity contribution is 7.13. The van der Waals surface area contributed by atoms with Crippen LogP contribution in [0, 0.1) is 11.2 Å². The molecule has 3 rings (SSSR count). The van der Waals surface area contributed by atoms with Crippen LogP contribution >= 0.6 is 11.3 Å². The van der Waals surface area contributed by atoms with Crippen LogP contribution in [0.4, 0.5) is 15.2 Å². The number of fused-ring (bicyclic) bond motifs is 1. The van der Waals surface area contributed by atoms with Gasteiger partial charge in [-0.3, -0.25) is 9.59 Å². The number of hydrogen-bond donors (Lipinski definition) is 3. The summed E-state index contributed by atoms with van der Waals surface area (Å²) < 4.78 is 14.6. The van der Waals surface area contributed by atoms with Crippen LogP contribution in [0.1, 0.15) is 37.6 Å². The number of carbonyl (C=O) groups excluding carboxylic acids is 2. The van der Waals surface area contributed by atoms with Crippen molar-refractivity contribution in [2.45, 2.75) is 40.2 Å². The first-order valence-electron chi connectivity index (χ1n) is 8.80. The third-order valence-corrected chi connectivity index (χ3v) is 5.08. The Balaban J connectivity index is 1.63. The summed E-state index contributed by atoms with van der Waals surface area (Å²) in [5.74, 6) is -0.848. The Hall–Kier alpha value is -2.32. The number of carbonyl (C=O) groups is 2. The van der Waals surface area contributed by atoms with Crippen LogP contribution in [0.5, 0.6) is 0 Å². The van der Waals surface area contributed by atoms with Crippen LogP contribution in [0.2, 0.25) is 0 Å². The number of rotatable bonds is 4. The van der Waals surface area contributed by atoms with Gasteiger partial charge in [-0.1, -0.05) is 26.8 Å². The van der Waals surface area contributed by atoms with Crippen molar-refractivity contribution < 1.29 is 14.0 Å². The zero-order chi connectivity index (χ0) is 19.6. The molecule has 0 fully saturated rings. The molecule has 8 heteroatoms. The van der Waals surface area contributed by atoms with Gasteiger partial charge in [-0.2, -0.15) is 0 Å². The van der Waals surface area contributed by atoms with Gasteiger partial charge in [0.05, 0.1) is 17.8 Å². The molecule has 1 aliphatic heterocycles. The lowest BCUT2D eigenvalue weighted by Gasteiger charge is -2.19. The van der Waals surface area contributed by atoms with E-state index in [0.717, 1.165) is 12.1 Å². The molecule has 0 atom stereocenters. The minimum atomic E-state index is -0.525. The molecule has 6 nitrogen and oxygen atoms in total. The molecule has 2 heterocycles. The lowest BCUT2D eigenvalue weighted by atomic mass is 9.96. The SMILES string of the molecule is CC(C)(C)C(=O)Nc1nc(CC(=O)Nc2ccc3c(c2F)CCNC3)cs1. The third-order valence-electron chi connectivity index (χ3n) is 4.28. The molecule has 0 spiro atoms. The second kappa shape index (κ2) is 7.74. The van der Waals surface area contributed by atoms with E-state index in [1.807, 2.05) is 26.8 Å². The molecule has 0 bridgehead atoms. The number of halogens is 1. The Kier molecular flexibility index (Phi) is 5.57. The van der Waals surface area contributed by atoms with Gasteiger partial charge < -0.3 is 16.0 Å². The van der Waals surface area contributed by atoms with Gasteiger partial charge in [0, 0.05) is 17.3 Å². The van der Waals surface area contributed by atoms with Gasteiger partial charge in [0.25, 0.3) is 0 Å². The number of aromatic nitrogens is 1. The summed E-state index contributed by atoms with van der Waals surface area (Å²) in [5, 5.41) is 10.7. The molecule has 0 aliphatic carbocycles. The van der Waals surface area contributed by atoms with Gasteiger partial charge in [0.15, 0.2) is 5.13 Å². The number of anilines is 2. The second-order valence-corrected chi connectivity index (χ2v) is 8.42. The van der Waals surface area contributed by atoms with E-state index < -0.39 is 5.41 Å². The molecule has 144 valence electrons. The molecule has 2 amide bonds. The highest BCUT2D eigenvalue weighted by Crippen LogP contribution is 2.25. The van der Waals surface area contributed by atoms with E-state index in [-0.39, 0.29) is 29.7 Å². The Morgan fingerprint density at radius 3 is 2.81 bits per heavy atom. The summed E-state index contributed by atoms with van der Waals surface area (Å²) >= 11 is 1.26. The van der Waals surface area contributed by atoms with Crippen LogP contribution in [0.25, 0.3) is 0 Å². The molecule has 1 aromatic carbocycles. The molecule has 0 unspecified atom stereocenters. The largest absolute Gasteiger partial charge is 0.323 e. The molecule has 0 saturated heterocycles. The van der Waals surface area contributed by atoms with Gasteiger partial charge in [-0.15, -0.1) is 11.3 Å². The van der Waals surface area contributed by atoms with Gasteiger partial charge >= 0.3 is 0 Å². The first-order chi connectivity index (χ1) is 12.7. The van der Waals surface area contributed by atoms with Crippen molar-refractivity contribution in [3.63, 3.8) is 0 Å². The Labute approximate surface area is 161 Å². The zero-order valence-corrected chi connectivity index (χ0v) is 16.4. The smallest absolute Gasteiger partial charge is 0.231 e. The van der Waals surface area contributed by atoms with Crippen molar-refractivity contribution in [3.05, 3.63) is 40.2 Å². The first-order valence-corrected chi connectivity index (χ1v) is 9.68. The number of nitrogens with zero attached hydrogens (tertiary/aromatic N) is 1. The average Bonchev–Trinajstić information content (AvgIpc) is 3.03. The Morgan fingerprint density at radius 1 is 1.30 bits per heavy atom. The van der Waals surface area contributed by atoms with Crippen molar-refractivity contribution in [2.75, 3.05) is 17.2 Å². The minimum absolute atomic E-state index is 0.0139. The summed E-state index contributed by atoms with van der Waals surface area (Å²) in [6.45, 7) is 6.81. The maximum Gasteiger partial charge on any atom is 0.231 e. The fraction of sp³-hybridized carbons (Fsp3) is 0.421. The van der Waals surface area contributed by atoms with Crippen LogP contribution in [-0.2, 0) is 29.0 Å². The highest BCUT2D eigenvalue weighted by atomic mass is 32.1. The highest BCUT2D eigenvalue weighted by Gasteiger charge is 2.22. The van der Waals surface area contributed by atoms with Gasteiger partial charge in [-0.25, -0.2) is 9.37 Å². The molecular formula is C19H23FN4O2S. The first kappa shape index (κ1) is 19.4. The van der Waals surface area contributed by atoms with E-state index in [9.17, 15) is 14.0 Å². The van der Waals surface area contributed by atoms with Crippen LogP contribution < -0.4 is 16.0 Å². The van der Waals surface area contributed by atoms with Crippen molar-refractivity contribution in [2.24, 2.45) is 5.41 Å². The topological polar surface area (TPSA) is 83.1 Å². The van der Waals surface area contributed by atoms with Crippen molar-refractivity contribution in [1.82, 2.24) is 10.3 Å². The monoisotopic (exact) mass is 390 g/mol. The zero-order valence-electron chi connectivity index (χ0n) is 15.6. The lowest BCUT2D eigenvalue weighted by molar-refractivity contribution is -0.123. The molecular weight excluding hydrogens is 367 g/mol. The van der Waals surface area contributed by atoms with Crippen LogP contribution in [0.3, 0.4) is 0 Å². The maximum absolute atomic E-state index is 14.6. The summed E-state index contributed by atoms with van der Waals surface area (Å²) in [7, 11) is 0. The molecule has 2 aromatic rings. The van der Waals surface area contributed by atoms with E-state index in [1.54, 1.807) is 11.4 Å². The number of benzene rings is 1. The predicted octanol–water partition coefficient (Wildman–Crippen LogP) is 3.09. The van der Waals surface area contributed by atoms with Gasteiger partial charge in [0.2, 0.25) is 11.8 Å². The number of nitrogens with one attached hydrogen (secondary N) is 3. The Morgan fingerprint density at radius 2 is 2.07 bits per heavy atom. The fourth-order valence-corrected chi connectivity index (χ4v) is 3.42. The standard InChI is InChI=1S/C19H23FN4O2S/c1-19(2,3)17(26)24-18-22-12(10-27-18)8-15(25)23-14-5-4-11-9-21-7-6-13(11)16(14)20/h4-5,10,21H,6-9H2,1-3H3,(H,23,25)(H,22,24,26). The molecule has 27 heavy (non-hydrogen) atoms. The van der Waals surface area contributed by atoms with E-state index in [1.165, 1.54) is 11.3 Å². The van der Waals surface area contributed by atoms with E-state index in [2.05, 4.69) is 20.9 Å². The minimum Gasteiger partial charge on any atom is -0.323 e. The van der Waals surface area contributed by atoms with Crippen molar-refractivity contribution in [3.8, 4) is 0 Å². The van der Waals surface area contributed by atoms with Crippen molar-refractivity contribution in [1.29, 1.82) is 0 Å². The second-order valence-electron chi connectivity index (χ2n) is 7.56. The molecule has 1 aromatic heterocycles. The van der Waals surface area contributed by atoms with E-state index in [4.69, 9.17) is 0 Å². The fourth-order valence-electron chi connectivity index (χ4n) is 2.72. The predicted molar refractivity (Wildman–Crippen MR) is 104 cm³/mol. The van der Waals surface area contributed by atoms with Crippen molar-refractivity contribution >= 4 is 34.0 Å². The molecule has 1 aliphatic rings. The molecule has 3 N–H and O–H groups in total. The third kappa shape index (κ3) is 4.70. The molecule has 0 saturated carbocycles. The summed E-state index contributed by atoms with van der Waals surface area (Å²) in [6, 6.07) is 3.43. The molecule has 0 radical (unpaired) electrons. The van der Waals surface area contributed by atoms with Crippen LogP contribution in [-0.4, -0.2) is 23.3 Å².